The van der Waals surface area contributed by atoms with Crippen molar-refractivity contribution < 1.29 is 13.2 Å². The van der Waals surface area contributed by atoms with Gasteiger partial charge >= 0.3 is 6.18 Å². The van der Waals surface area contributed by atoms with Crippen molar-refractivity contribution in [2.45, 2.75) is 12.2 Å². The molecule has 0 aliphatic carbocycles. The molecule has 1 aromatic carbocycles. The molecule has 1 aromatic heterocycles. The Morgan fingerprint density at radius 3 is 2.40 bits per heavy atom. The first-order valence-electron chi connectivity index (χ1n) is 5.67. The van der Waals surface area contributed by atoms with Gasteiger partial charge in [0.25, 0.3) is 0 Å². The number of hydrazine groups is 1. The van der Waals surface area contributed by atoms with Crippen molar-refractivity contribution in [1.29, 1.82) is 0 Å². The molecule has 3 N–H and O–H groups in total. The standard InChI is InChI=1S/C13H11ClF3N3/c14-11-6-5-8(7-19-11)12(20-18)9-3-1-2-4-10(9)13(15,16)17/h1-7,12,20H,18H2. The molecule has 0 saturated carbocycles. The SMILES string of the molecule is NNC(c1ccc(Cl)nc1)c1ccccc1C(F)(F)F. The Morgan fingerprint density at radius 2 is 1.85 bits per heavy atom. The molecule has 7 heteroatoms. The topological polar surface area (TPSA) is 50.9 Å². The minimum absolute atomic E-state index is 0.0339. The van der Waals surface area contributed by atoms with Crippen LogP contribution in [0.25, 0.3) is 0 Å². The van der Waals surface area contributed by atoms with Crippen molar-refractivity contribution in [3.05, 3.63) is 64.4 Å². The van der Waals surface area contributed by atoms with Crippen molar-refractivity contribution in [2.24, 2.45) is 5.84 Å². The Labute approximate surface area is 118 Å². The van der Waals surface area contributed by atoms with Crippen LogP contribution in [0.3, 0.4) is 0 Å². The summed E-state index contributed by atoms with van der Waals surface area (Å²) in [6.45, 7) is 0. The summed E-state index contributed by atoms with van der Waals surface area (Å²) in [6.07, 6.45) is -3.06. The lowest BCUT2D eigenvalue weighted by molar-refractivity contribution is -0.138. The van der Waals surface area contributed by atoms with Crippen molar-refractivity contribution in [3.8, 4) is 0 Å². The predicted molar refractivity (Wildman–Crippen MR) is 69.9 cm³/mol. The number of pyridine rings is 1. The Bertz CT molecular complexity index is 584. The van der Waals surface area contributed by atoms with Crippen molar-refractivity contribution in [3.63, 3.8) is 0 Å². The summed E-state index contributed by atoms with van der Waals surface area (Å²) < 4.78 is 39.1. The van der Waals surface area contributed by atoms with E-state index in [1.54, 1.807) is 6.07 Å². The second-order valence-electron chi connectivity index (χ2n) is 4.10. The first-order chi connectivity index (χ1) is 9.43. The van der Waals surface area contributed by atoms with Gasteiger partial charge in [-0.1, -0.05) is 35.9 Å². The molecule has 20 heavy (non-hydrogen) atoms. The van der Waals surface area contributed by atoms with E-state index in [2.05, 4.69) is 10.4 Å². The van der Waals surface area contributed by atoms with Gasteiger partial charge in [-0.25, -0.2) is 10.4 Å². The van der Waals surface area contributed by atoms with Crippen LogP contribution in [0.4, 0.5) is 13.2 Å². The molecule has 0 saturated heterocycles. The van der Waals surface area contributed by atoms with E-state index >= 15 is 0 Å². The molecule has 0 aliphatic heterocycles. The van der Waals surface area contributed by atoms with Gasteiger partial charge in [-0.3, -0.25) is 5.84 Å². The molecular weight excluding hydrogens is 291 g/mol. The lowest BCUT2D eigenvalue weighted by atomic mass is 9.95. The fraction of sp³-hybridized carbons (Fsp3) is 0.154. The third-order valence-corrected chi connectivity index (χ3v) is 3.05. The molecule has 3 nitrogen and oxygen atoms in total. The predicted octanol–water partition coefficient (Wildman–Crippen LogP) is 3.31. The summed E-state index contributed by atoms with van der Waals surface area (Å²) in [7, 11) is 0. The number of hydrogen-bond acceptors (Lipinski definition) is 3. The van der Waals surface area contributed by atoms with Crippen LogP contribution >= 0.6 is 11.6 Å². The number of benzene rings is 1. The molecule has 1 unspecified atom stereocenters. The van der Waals surface area contributed by atoms with E-state index in [0.29, 0.717) is 5.56 Å². The molecule has 2 aromatic rings. The van der Waals surface area contributed by atoms with Crippen LogP contribution < -0.4 is 11.3 Å². The number of nitrogens with one attached hydrogen (secondary N) is 1. The molecule has 1 atom stereocenters. The van der Waals surface area contributed by atoms with Crippen molar-refractivity contribution in [1.82, 2.24) is 10.4 Å². The number of nitrogens with zero attached hydrogens (tertiary/aromatic N) is 1. The maximum absolute atomic E-state index is 13.0. The van der Waals surface area contributed by atoms with Crippen molar-refractivity contribution >= 4 is 11.6 Å². The maximum atomic E-state index is 13.0. The number of hydrogen-bond donors (Lipinski definition) is 2. The Morgan fingerprint density at radius 1 is 1.15 bits per heavy atom. The van der Waals surface area contributed by atoms with Crippen LogP contribution in [0.15, 0.2) is 42.6 Å². The number of nitrogens with two attached hydrogens (primary N) is 1. The van der Waals surface area contributed by atoms with Gasteiger partial charge in [0, 0.05) is 6.20 Å². The summed E-state index contributed by atoms with van der Waals surface area (Å²) in [5, 5.41) is 0.258. The third kappa shape index (κ3) is 3.09. The summed E-state index contributed by atoms with van der Waals surface area (Å²) >= 11 is 5.67. The lowest BCUT2D eigenvalue weighted by Gasteiger charge is -2.21. The molecule has 0 amide bonds. The van der Waals surface area contributed by atoms with Gasteiger partial charge in [0.15, 0.2) is 0 Å². The van der Waals surface area contributed by atoms with E-state index in [4.69, 9.17) is 17.4 Å². The number of aromatic nitrogens is 1. The molecule has 106 valence electrons. The summed E-state index contributed by atoms with van der Waals surface area (Å²) in [6, 6.07) is 7.51. The first-order valence-corrected chi connectivity index (χ1v) is 6.05. The summed E-state index contributed by atoms with van der Waals surface area (Å²) in [5.41, 5.74) is 2.17. The Balaban J connectivity index is 2.50. The summed E-state index contributed by atoms with van der Waals surface area (Å²) in [5.74, 6) is 5.41. The first kappa shape index (κ1) is 14.8. The number of rotatable bonds is 3. The fourth-order valence-corrected chi connectivity index (χ4v) is 2.04. The highest BCUT2D eigenvalue weighted by Crippen LogP contribution is 2.36. The number of halogens is 4. The fourth-order valence-electron chi connectivity index (χ4n) is 1.93. The average Bonchev–Trinajstić information content (AvgIpc) is 2.41. The highest BCUT2D eigenvalue weighted by Gasteiger charge is 2.35. The Hall–Kier alpha value is -1.63. The van der Waals surface area contributed by atoms with E-state index in [1.807, 2.05) is 0 Å². The molecule has 2 rings (SSSR count). The molecular formula is C13H11ClF3N3. The second-order valence-corrected chi connectivity index (χ2v) is 4.49. The van der Waals surface area contributed by atoms with Gasteiger partial charge in [-0.2, -0.15) is 13.2 Å². The van der Waals surface area contributed by atoms with Crippen LogP contribution in [0, 0.1) is 0 Å². The smallest absolute Gasteiger partial charge is 0.271 e. The van der Waals surface area contributed by atoms with E-state index in [0.717, 1.165) is 6.07 Å². The molecule has 0 spiro atoms. The highest BCUT2D eigenvalue weighted by molar-refractivity contribution is 6.29. The maximum Gasteiger partial charge on any atom is 0.416 e. The van der Waals surface area contributed by atoms with Crippen LogP contribution in [-0.2, 0) is 6.18 Å². The lowest BCUT2D eigenvalue weighted by Crippen LogP contribution is -2.30. The Kier molecular flexibility index (Phi) is 4.27. The highest BCUT2D eigenvalue weighted by atomic mass is 35.5. The zero-order chi connectivity index (χ0) is 14.8. The molecule has 0 bridgehead atoms. The summed E-state index contributed by atoms with van der Waals surface area (Å²) in [4.78, 5) is 3.85. The van der Waals surface area contributed by atoms with E-state index in [1.165, 1.54) is 30.5 Å². The molecule has 1 heterocycles. The normalized spacial score (nSPS) is 13.2. The van der Waals surface area contributed by atoms with Gasteiger partial charge < -0.3 is 0 Å². The van der Waals surface area contributed by atoms with Gasteiger partial charge in [0.05, 0.1) is 11.6 Å². The van der Waals surface area contributed by atoms with Crippen LogP contribution in [0.2, 0.25) is 5.15 Å². The van der Waals surface area contributed by atoms with Gasteiger partial charge in [-0.05, 0) is 23.3 Å². The van der Waals surface area contributed by atoms with Gasteiger partial charge in [0.1, 0.15) is 5.15 Å². The quantitative estimate of drug-likeness (QED) is 0.519. The second kappa shape index (κ2) is 5.78. The minimum Gasteiger partial charge on any atom is -0.271 e. The number of alkyl halides is 3. The average molecular weight is 302 g/mol. The van der Waals surface area contributed by atoms with Crippen LogP contribution in [0.1, 0.15) is 22.7 Å². The molecule has 0 fully saturated rings. The molecule has 0 aliphatic rings. The van der Waals surface area contributed by atoms with Crippen LogP contribution in [-0.4, -0.2) is 4.98 Å². The third-order valence-electron chi connectivity index (χ3n) is 2.83. The van der Waals surface area contributed by atoms with E-state index < -0.39 is 17.8 Å². The zero-order valence-corrected chi connectivity index (χ0v) is 10.9. The van der Waals surface area contributed by atoms with Crippen LogP contribution in [0.5, 0.6) is 0 Å². The van der Waals surface area contributed by atoms with E-state index in [-0.39, 0.29) is 10.7 Å². The minimum atomic E-state index is -4.45. The monoisotopic (exact) mass is 301 g/mol. The largest absolute Gasteiger partial charge is 0.416 e. The van der Waals surface area contributed by atoms with Gasteiger partial charge in [-0.15, -0.1) is 0 Å². The van der Waals surface area contributed by atoms with E-state index in [9.17, 15) is 13.2 Å². The zero-order valence-electron chi connectivity index (χ0n) is 10.2. The molecule has 0 radical (unpaired) electrons. The van der Waals surface area contributed by atoms with Crippen molar-refractivity contribution in [2.75, 3.05) is 0 Å². The van der Waals surface area contributed by atoms with Gasteiger partial charge in [0.2, 0.25) is 0 Å².